The van der Waals surface area contributed by atoms with E-state index in [9.17, 15) is 26.2 Å². The Kier molecular flexibility index (Phi) is 6.79. The maximum absolute atomic E-state index is 12.4. The summed E-state index contributed by atoms with van der Waals surface area (Å²) in [4.78, 5) is -0.495. The molecule has 0 fully saturated rings. The van der Waals surface area contributed by atoms with Gasteiger partial charge in [-0.3, -0.25) is 8.75 Å². The summed E-state index contributed by atoms with van der Waals surface area (Å²) in [6.45, 7) is 3.11. The third kappa shape index (κ3) is 5.89. The van der Waals surface area contributed by atoms with E-state index in [-0.39, 0.29) is 13.2 Å². The first-order chi connectivity index (χ1) is 10.5. The van der Waals surface area contributed by atoms with Gasteiger partial charge in [0, 0.05) is 0 Å². The molecule has 0 aromatic heterocycles. The average molecular weight is 376 g/mol. The molecule has 23 heavy (non-hydrogen) atoms. The van der Waals surface area contributed by atoms with Crippen molar-refractivity contribution in [3.8, 4) is 0 Å². The molecule has 0 saturated heterocycles. The lowest BCUT2D eigenvalue weighted by Crippen LogP contribution is -2.11. The van der Waals surface area contributed by atoms with E-state index in [0.717, 1.165) is 12.1 Å². The number of rotatable bonds is 8. The van der Waals surface area contributed by atoms with E-state index in [1.165, 1.54) is 13.8 Å². The molecular formula is C12H16F3O6PS. The molecule has 0 saturated carbocycles. The zero-order valence-electron chi connectivity index (χ0n) is 12.4. The van der Waals surface area contributed by atoms with E-state index in [0.29, 0.717) is 12.1 Å². The van der Waals surface area contributed by atoms with Gasteiger partial charge in [-0.2, -0.15) is 21.6 Å². The highest BCUT2D eigenvalue weighted by atomic mass is 32.2. The van der Waals surface area contributed by atoms with Gasteiger partial charge in [0.05, 0.1) is 23.7 Å². The van der Waals surface area contributed by atoms with Crippen LogP contribution in [0.25, 0.3) is 0 Å². The van der Waals surface area contributed by atoms with Crippen molar-refractivity contribution in [3.63, 3.8) is 0 Å². The van der Waals surface area contributed by atoms with Gasteiger partial charge in [-0.15, -0.1) is 0 Å². The van der Waals surface area contributed by atoms with Crippen LogP contribution in [0.3, 0.4) is 0 Å². The van der Waals surface area contributed by atoms with Gasteiger partial charge in [0.25, 0.3) is 10.1 Å². The zero-order valence-corrected chi connectivity index (χ0v) is 14.1. The van der Waals surface area contributed by atoms with Crippen LogP contribution in [0.1, 0.15) is 19.4 Å². The molecule has 0 unspecified atom stereocenters. The van der Waals surface area contributed by atoms with Crippen molar-refractivity contribution >= 4 is 17.7 Å². The first-order valence-electron chi connectivity index (χ1n) is 6.49. The number of benzene rings is 1. The first-order valence-corrected chi connectivity index (χ1v) is 9.62. The number of halogens is 3. The summed E-state index contributed by atoms with van der Waals surface area (Å²) in [7, 11) is -8.15. The summed E-state index contributed by atoms with van der Waals surface area (Å²) in [6.07, 6.45) is -5.44. The van der Waals surface area contributed by atoms with Gasteiger partial charge in [0.15, 0.2) is 6.35 Å². The Morgan fingerprint density at radius 1 is 1.04 bits per heavy atom. The molecule has 6 nitrogen and oxygen atoms in total. The van der Waals surface area contributed by atoms with Gasteiger partial charge in [-0.1, -0.05) is 0 Å². The van der Waals surface area contributed by atoms with Crippen LogP contribution in [0.4, 0.5) is 13.2 Å². The Bertz CT molecular complexity index is 646. The maximum atomic E-state index is 12.4. The standard InChI is InChI=1S/C12H16F3O6PS/c1-3-19-22(16,20-4-2)9-21-23(17,18)11-7-5-10(6-8-11)12(13,14)15/h5-8H,3-4,9H2,1-2H3. The van der Waals surface area contributed by atoms with Crippen molar-refractivity contribution < 1.29 is 39.4 Å². The van der Waals surface area contributed by atoms with Crippen LogP contribution >= 0.6 is 7.60 Å². The SMILES string of the molecule is CCOP(=O)(COS(=O)(=O)c1ccc(C(F)(F)F)cc1)OCC. The minimum absolute atomic E-state index is 0.0148. The minimum atomic E-state index is -4.58. The number of hydrogen-bond donors (Lipinski definition) is 0. The normalized spacial score (nSPS) is 13.3. The van der Waals surface area contributed by atoms with E-state index in [4.69, 9.17) is 9.05 Å². The Morgan fingerprint density at radius 3 is 1.91 bits per heavy atom. The summed E-state index contributed by atoms with van der Waals surface area (Å²) in [5.41, 5.74) is -0.995. The second-order valence-corrected chi connectivity index (χ2v) is 7.78. The summed E-state index contributed by atoms with van der Waals surface area (Å²) < 4.78 is 87.5. The molecule has 0 atom stereocenters. The molecule has 0 aliphatic heterocycles. The van der Waals surface area contributed by atoms with Crippen LogP contribution in [0.15, 0.2) is 29.2 Å². The molecule has 0 N–H and O–H groups in total. The molecule has 132 valence electrons. The fourth-order valence-corrected chi connectivity index (χ4v) is 4.21. The van der Waals surface area contributed by atoms with Crippen LogP contribution in [0, 0.1) is 0 Å². The van der Waals surface area contributed by atoms with Crippen LogP contribution in [-0.4, -0.2) is 28.0 Å². The van der Waals surface area contributed by atoms with Gasteiger partial charge in [-0.25, -0.2) is 0 Å². The smallest absolute Gasteiger partial charge is 0.307 e. The molecule has 0 aliphatic carbocycles. The lowest BCUT2D eigenvalue weighted by atomic mass is 10.2. The fraction of sp³-hybridized carbons (Fsp3) is 0.500. The van der Waals surface area contributed by atoms with Gasteiger partial charge in [0.1, 0.15) is 0 Å². The molecule has 0 radical (unpaired) electrons. The first kappa shape index (κ1) is 20.1. The summed E-state index contributed by atoms with van der Waals surface area (Å²) >= 11 is 0. The van der Waals surface area contributed by atoms with Gasteiger partial charge >= 0.3 is 13.8 Å². The van der Waals surface area contributed by atoms with Crippen molar-refractivity contribution in [2.75, 3.05) is 19.6 Å². The third-order valence-electron chi connectivity index (χ3n) is 2.49. The predicted octanol–water partition coefficient (Wildman–Crippen LogP) is 3.63. The average Bonchev–Trinajstić information content (AvgIpc) is 2.45. The molecule has 0 bridgehead atoms. The Balaban J connectivity index is 2.89. The van der Waals surface area contributed by atoms with Gasteiger partial charge in [0.2, 0.25) is 0 Å². The van der Waals surface area contributed by atoms with Crippen LogP contribution in [0.2, 0.25) is 0 Å². The largest absolute Gasteiger partial charge is 0.416 e. The van der Waals surface area contributed by atoms with Crippen molar-refractivity contribution in [2.45, 2.75) is 24.9 Å². The van der Waals surface area contributed by atoms with Crippen molar-refractivity contribution in [2.24, 2.45) is 0 Å². The molecule has 11 heteroatoms. The van der Waals surface area contributed by atoms with Crippen molar-refractivity contribution in [3.05, 3.63) is 29.8 Å². The van der Waals surface area contributed by atoms with E-state index in [1.54, 1.807) is 0 Å². The molecule has 1 rings (SSSR count). The third-order valence-corrected chi connectivity index (χ3v) is 5.69. The van der Waals surface area contributed by atoms with E-state index in [2.05, 4.69) is 4.18 Å². The molecule has 0 amide bonds. The zero-order chi connectivity index (χ0) is 17.7. The second-order valence-electron chi connectivity index (χ2n) is 4.17. The number of alkyl halides is 3. The quantitative estimate of drug-likeness (QED) is 0.509. The van der Waals surface area contributed by atoms with Crippen molar-refractivity contribution in [1.82, 2.24) is 0 Å². The Labute approximate surface area is 132 Å². The Hall–Kier alpha value is -0.930. The summed E-state index contributed by atoms with van der Waals surface area (Å²) in [6, 6.07) is 2.73. The molecule has 0 heterocycles. The van der Waals surface area contributed by atoms with Crippen LogP contribution in [0.5, 0.6) is 0 Å². The topological polar surface area (TPSA) is 78.9 Å². The monoisotopic (exact) mass is 376 g/mol. The van der Waals surface area contributed by atoms with Crippen LogP contribution in [-0.2, 0) is 34.1 Å². The number of hydrogen-bond acceptors (Lipinski definition) is 6. The molecule has 1 aromatic rings. The molecular weight excluding hydrogens is 360 g/mol. The van der Waals surface area contributed by atoms with E-state index in [1.807, 2.05) is 0 Å². The van der Waals surface area contributed by atoms with E-state index >= 15 is 0 Å². The molecule has 0 aliphatic rings. The summed E-state index contributed by atoms with van der Waals surface area (Å²) in [5, 5.41) is 0. The lowest BCUT2D eigenvalue weighted by Gasteiger charge is -2.16. The summed E-state index contributed by atoms with van der Waals surface area (Å²) in [5.74, 6) is 0. The highest BCUT2D eigenvalue weighted by Gasteiger charge is 2.32. The fourth-order valence-electron chi connectivity index (χ4n) is 1.52. The van der Waals surface area contributed by atoms with Crippen LogP contribution < -0.4 is 0 Å². The highest BCUT2D eigenvalue weighted by molar-refractivity contribution is 7.87. The van der Waals surface area contributed by atoms with Crippen molar-refractivity contribution in [1.29, 1.82) is 0 Å². The molecule has 0 spiro atoms. The van der Waals surface area contributed by atoms with Gasteiger partial charge < -0.3 is 9.05 Å². The minimum Gasteiger partial charge on any atom is -0.307 e. The predicted molar refractivity (Wildman–Crippen MR) is 75.4 cm³/mol. The van der Waals surface area contributed by atoms with Gasteiger partial charge in [-0.05, 0) is 38.1 Å². The molecule has 1 aromatic carbocycles. The lowest BCUT2D eigenvalue weighted by molar-refractivity contribution is -0.137. The second kappa shape index (κ2) is 7.76. The van der Waals surface area contributed by atoms with E-state index < -0.39 is 40.7 Å². The highest BCUT2D eigenvalue weighted by Crippen LogP contribution is 2.48. The maximum Gasteiger partial charge on any atom is 0.416 e. The Morgan fingerprint density at radius 2 is 1.52 bits per heavy atom.